The lowest BCUT2D eigenvalue weighted by molar-refractivity contribution is 1.08. The number of fused-ring (bicyclic) bond motifs is 1. The fourth-order valence-electron chi connectivity index (χ4n) is 1.35. The van der Waals surface area contributed by atoms with Crippen LogP contribution < -0.4 is 4.90 Å². The van der Waals surface area contributed by atoms with E-state index < -0.39 is 0 Å². The van der Waals surface area contributed by atoms with Gasteiger partial charge in [-0.05, 0) is 34.1 Å². The monoisotopic (exact) mass is 250 g/mol. The van der Waals surface area contributed by atoms with Gasteiger partial charge in [-0.3, -0.25) is 0 Å². The number of halogens is 1. The van der Waals surface area contributed by atoms with E-state index in [2.05, 4.69) is 33.0 Å². The third-order valence-corrected chi connectivity index (χ3v) is 2.75. The van der Waals surface area contributed by atoms with Gasteiger partial charge < -0.3 is 4.90 Å². The van der Waals surface area contributed by atoms with E-state index in [1.54, 1.807) is 0 Å². The maximum Gasteiger partial charge on any atom is 0.128 e. The number of aromatic nitrogens is 1. The van der Waals surface area contributed by atoms with Gasteiger partial charge in [-0.15, -0.1) is 0 Å². The molecule has 0 radical (unpaired) electrons. The van der Waals surface area contributed by atoms with Crippen molar-refractivity contribution in [2.45, 2.75) is 0 Å². The highest BCUT2D eigenvalue weighted by Crippen LogP contribution is 2.23. The van der Waals surface area contributed by atoms with Crippen LogP contribution in [0.5, 0.6) is 0 Å². The molecule has 0 saturated heterocycles. The Kier molecular flexibility index (Phi) is 2.42. The lowest BCUT2D eigenvalue weighted by Gasteiger charge is -2.11. The second kappa shape index (κ2) is 3.58. The fraction of sp³-hybridized carbons (Fsp3) is 0.182. The summed E-state index contributed by atoms with van der Waals surface area (Å²) in [6, 6.07) is 10.2. The number of anilines is 1. The minimum atomic E-state index is 0.976. The Labute approximate surface area is 91.7 Å². The summed E-state index contributed by atoms with van der Waals surface area (Å²) in [6.45, 7) is 0. The van der Waals surface area contributed by atoms with E-state index in [-0.39, 0.29) is 0 Å². The van der Waals surface area contributed by atoms with E-state index in [9.17, 15) is 0 Å². The molecule has 72 valence electrons. The highest BCUT2D eigenvalue weighted by atomic mass is 79.9. The lowest BCUT2D eigenvalue weighted by atomic mass is 10.2. The van der Waals surface area contributed by atoms with Crippen molar-refractivity contribution < 1.29 is 0 Å². The molecule has 14 heavy (non-hydrogen) atoms. The predicted molar refractivity (Wildman–Crippen MR) is 63.8 cm³/mol. The molecule has 0 bridgehead atoms. The number of para-hydroxylation sites is 1. The van der Waals surface area contributed by atoms with E-state index in [1.165, 1.54) is 0 Å². The van der Waals surface area contributed by atoms with Crippen molar-refractivity contribution in [2.24, 2.45) is 0 Å². The predicted octanol–water partition coefficient (Wildman–Crippen LogP) is 3.06. The third kappa shape index (κ3) is 1.60. The first kappa shape index (κ1) is 9.46. The van der Waals surface area contributed by atoms with Crippen molar-refractivity contribution in [2.75, 3.05) is 19.0 Å². The number of pyridine rings is 1. The average molecular weight is 251 g/mol. The number of benzene rings is 1. The molecule has 1 heterocycles. The van der Waals surface area contributed by atoms with Crippen molar-refractivity contribution in [3.63, 3.8) is 0 Å². The number of hydrogen-bond donors (Lipinski definition) is 0. The van der Waals surface area contributed by atoms with Gasteiger partial charge in [0.2, 0.25) is 0 Å². The number of nitrogens with zero attached hydrogens (tertiary/aromatic N) is 2. The molecule has 2 aromatic rings. The summed E-state index contributed by atoms with van der Waals surface area (Å²) in [5.41, 5.74) is 1.01. The Balaban J connectivity index is 2.70. The van der Waals surface area contributed by atoms with Crippen LogP contribution in [0, 0.1) is 0 Å². The smallest absolute Gasteiger partial charge is 0.128 e. The Hall–Kier alpha value is -1.09. The first-order valence-corrected chi connectivity index (χ1v) is 5.20. The van der Waals surface area contributed by atoms with E-state index in [0.29, 0.717) is 0 Å². The Morgan fingerprint density at radius 2 is 1.93 bits per heavy atom. The van der Waals surface area contributed by atoms with E-state index in [0.717, 1.165) is 21.2 Å². The van der Waals surface area contributed by atoms with Crippen molar-refractivity contribution >= 4 is 32.7 Å². The normalized spacial score (nSPS) is 10.5. The molecule has 0 unspecified atom stereocenters. The second-order valence-corrected chi connectivity index (χ2v) is 4.23. The quantitative estimate of drug-likeness (QED) is 0.774. The molecule has 0 aliphatic rings. The zero-order valence-electron chi connectivity index (χ0n) is 8.16. The fourth-order valence-corrected chi connectivity index (χ4v) is 1.82. The van der Waals surface area contributed by atoms with Crippen molar-refractivity contribution in [3.8, 4) is 0 Å². The number of hydrogen-bond acceptors (Lipinski definition) is 2. The molecule has 2 nitrogen and oxygen atoms in total. The maximum absolute atomic E-state index is 4.55. The van der Waals surface area contributed by atoms with Gasteiger partial charge in [-0.1, -0.05) is 12.1 Å². The van der Waals surface area contributed by atoms with Crippen LogP contribution in [0.3, 0.4) is 0 Å². The highest BCUT2D eigenvalue weighted by molar-refractivity contribution is 9.10. The van der Waals surface area contributed by atoms with Crippen LogP contribution in [0.4, 0.5) is 5.82 Å². The molecular weight excluding hydrogens is 240 g/mol. The molecular formula is C11H11BrN2. The number of rotatable bonds is 1. The minimum absolute atomic E-state index is 0.976. The van der Waals surface area contributed by atoms with Crippen molar-refractivity contribution in [1.29, 1.82) is 0 Å². The van der Waals surface area contributed by atoms with Gasteiger partial charge in [-0.25, -0.2) is 4.98 Å². The molecule has 0 aliphatic heterocycles. The molecule has 0 saturated carbocycles. The molecule has 2 rings (SSSR count). The Morgan fingerprint density at radius 1 is 1.14 bits per heavy atom. The molecule has 0 aliphatic carbocycles. The van der Waals surface area contributed by atoms with Crippen LogP contribution in [-0.4, -0.2) is 19.1 Å². The third-order valence-electron chi connectivity index (χ3n) is 2.11. The van der Waals surface area contributed by atoms with Gasteiger partial charge in [0.1, 0.15) is 5.82 Å². The van der Waals surface area contributed by atoms with Crippen LogP contribution in [0.15, 0.2) is 34.8 Å². The first-order valence-electron chi connectivity index (χ1n) is 4.41. The largest absolute Gasteiger partial charge is 0.363 e. The van der Waals surface area contributed by atoms with Crippen LogP contribution >= 0.6 is 15.9 Å². The Morgan fingerprint density at radius 3 is 2.64 bits per heavy atom. The molecule has 0 fully saturated rings. The average Bonchev–Trinajstić information content (AvgIpc) is 2.18. The topological polar surface area (TPSA) is 16.1 Å². The van der Waals surface area contributed by atoms with Crippen molar-refractivity contribution in [1.82, 2.24) is 4.98 Å². The molecule has 3 heteroatoms. The van der Waals surface area contributed by atoms with Crippen LogP contribution in [0.1, 0.15) is 0 Å². The first-order chi connectivity index (χ1) is 6.68. The van der Waals surface area contributed by atoms with Crippen LogP contribution in [0.25, 0.3) is 10.9 Å². The summed E-state index contributed by atoms with van der Waals surface area (Å²) in [7, 11) is 3.98. The zero-order valence-corrected chi connectivity index (χ0v) is 9.75. The molecule has 1 aromatic heterocycles. The zero-order chi connectivity index (χ0) is 10.1. The second-order valence-electron chi connectivity index (χ2n) is 3.38. The summed E-state index contributed by atoms with van der Waals surface area (Å²) in [4.78, 5) is 6.55. The summed E-state index contributed by atoms with van der Waals surface area (Å²) in [5, 5.41) is 1.16. The molecule has 0 amide bonds. The van der Waals surface area contributed by atoms with Crippen molar-refractivity contribution in [3.05, 3.63) is 34.8 Å². The standard InChI is InChI=1S/C11H11BrN2/c1-14(2)10-7-6-8-4-3-5-9(12)11(8)13-10/h3-7H,1-2H3. The van der Waals surface area contributed by atoms with Gasteiger partial charge in [0.15, 0.2) is 0 Å². The van der Waals surface area contributed by atoms with Gasteiger partial charge in [0.05, 0.1) is 5.52 Å². The molecule has 1 aromatic carbocycles. The van der Waals surface area contributed by atoms with Gasteiger partial charge in [0.25, 0.3) is 0 Å². The Bertz CT molecular complexity index is 466. The SMILES string of the molecule is CN(C)c1ccc2cccc(Br)c2n1. The van der Waals surface area contributed by atoms with E-state index in [4.69, 9.17) is 0 Å². The van der Waals surface area contributed by atoms with Gasteiger partial charge >= 0.3 is 0 Å². The summed E-state index contributed by atoms with van der Waals surface area (Å²) in [6.07, 6.45) is 0. The summed E-state index contributed by atoms with van der Waals surface area (Å²) in [5.74, 6) is 0.976. The van der Waals surface area contributed by atoms with Gasteiger partial charge in [-0.2, -0.15) is 0 Å². The lowest BCUT2D eigenvalue weighted by Crippen LogP contribution is -2.10. The van der Waals surface area contributed by atoms with E-state index >= 15 is 0 Å². The van der Waals surface area contributed by atoms with Gasteiger partial charge in [0, 0.05) is 24.0 Å². The van der Waals surface area contributed by atoms with Crippen LogP contribution in [0.2, 0.25) is 0 Å². The maximum atomic E-state index is 4.55. The summed E-state index contributed by atoms with van der Waals surface area (Å²) < 4.78 is 1.04. The van der Waals surface area contributed by atoms with E-state index in [1.807, 2.05) is 37.2 Å². The molecule has 0 spiro atoms. The highest BCUT2D eigenvalue weighted by Gasteiger charge is 2.02. The van der Waals surface area contributed by atoms with Crippen LogP contribution in [-0.2, 0) is 0 Å². The molecule has 0 N–H and O–H groups in total. The summed E-state index contributed by atoms with van der Waals surface area (Å²) >= 11 is 3.50. The molecule has 0 atom stereocenters. The minimum Gasteiger partial charge on any atom is -0.363 e.